The van der Waals surface area contributed by atoms with Gasteiger partial charge >= 0.3 is 0 Å². The Morgan fingerprint density at radius 2 is 2.24 bits per heavy atom. The Kier molecular flexibility index (Phi) is 3.90. The van der Waals surface area contributed by atoms with Crippen molar-refractivity contribution >= 4 is 22.4 Å². The smallest absolute Gasteiger partial charge is 0.257 e. The number of hydrogen-bond donors (Lipinski definition) is 2. The average molecular weight is 353 g/mol. The van der Waals surface area contributed by atoms with Crippen LogP contribution in [0.4, 0.5) is 0 Å². The molecule has 0 fully saturated rings. The molecule has 0 aromatic carbocycles. The van der Waals surface area contributed by atoms with Crippen molar-refractivity contribution in [2.45, 2.75) is 20.1 Å². The number of pyridine rings is 2. The molecule has 0 unspecified atom stereocenters. The van der Waals surface area contributed by atoms with E-state index in [0.29, 0.717) is 17.8 Å². The van der Waals surface area contributed by atoms with Gasteiger partial charge in [0.15, 0.2) is 5.65 Å². The van der Waals surface area contributed by atoms with Gasteiger partial charge in [0, 0.05) is 41.6 Å². The third-order valence-electron chi connectivity index (χ3n) is 4.03. The lowest BCUT2D eigenvalue weighted by molar-refractivity contribution is 0.279. The number of aliphatic hydroxyl groups excluding tert-OH is 1. The third kappa shape index (κ3) is 2.55. The summed E-state index contributed by atoms with van der Waals surface area (Å²) in [5.41, 5.74) is 2.46. The first-order valence-electron chi connectivity index (χ1n) is 7.81. The van der Waals surface area contributed by atoms with Gasteiger partial charge in [0.2, 0.25) is 0 Å². The molecule has 25 heavy (non-hydrogen) atoms. The summed E-state index contributed by atoms with van der Waals surface area (Å²) in [6, 6.07) is 5.53. The van der Waals surface area contributed by atoms with Gasteiger partial charge in [-0.2, -0.15) is 5.10 Å². The zero-order valence-electron chi connectivity index (χ0n) is 13.4. The van der Waals surface area contributed by atoms with Crippen molar-refractivity contribution in [1.82, 2.24) is 24.7 Å². The molecule has 0 atom stereocenters. The maximum atomic E-state index is 12.3. The summed E-state index contributed by atoms with van der Waals surface area (Å²) in [6.07, 6.45) is 5.27. The number of nitrogens with zero attached hydrogens (tertiary/aromatic N) is 4. The van der Waals surface area contributed by atoms with Gasteiger partial charge < -0.3 is 5.11 Å². The van der Waals surface area contributed by atoms with E-state index in [2.05, 4.69) is 20.2 Å². The van der Waals surface area contributed by atoms with Gasteiger partial charge in [-0.05, 0) is 25.1 Å². The van der Waals surface area contributed by atoms with Crippen LogP contribution < -0.4 is 5.56 Å². The molecule has 0 amide bonds. The first kappa shape index (κ1) is 15.7. The summed E-state index contributed by atoms with van der Waals surface area (Å²) in [6.45, 7) is 2.06. The van der Waals surface area contributed by atoms with Crippen LogP contribution in [0.3, 0.4) is 0 Å². The Morgan fingerprint density at radius 3 is 2.96 bits per heavy atom. The van der Waals surface area contributed by atoms with Crippen molar-refractivity contribution in [2.24, 2.45) is 0 Å². The Hall–Kier alpha value is -2.84. The molecule has 7 nitrogen and oxygen atoms in total. The summed E-state index contributed by atoms with van der Waals surface area (Å²) in [5, 5.41) is 18.5. The number of fused-ring (bicyclic) bond motifs is 1. The lowest BCUT2D eigenvalue weighted by Crippen LogP contribution is -2.23. The van der Waals surface area contributed by atoms with E-state index >= 15 is 0 Å². The van der Waals surface area contributed by atoms with E-state index < -0.39 is 0 Å². The molecular formula is C17H15N5O2S. The summed E-state index contributed by atoms with van der Waals surface area (Å²) in [4.78, 5) is 21.8. The van der Waals surface area contributed by atoms with Crippen molar-refractivity contribution in [3.63, 3.8) is 0 Å². The molecule has 0 saturated heterocycles. The standard InChI is InChI=1S/C17H15N5O2S/c1-2-22-15-12(6-11(9-23)17(22)24)14(20-21-15)13-8-19-16(25-13)10-4-3-5-18-7-10/h3-8,23H,2,9H2,1H3,(H,20,21). The van der Waals surface area contributed by atoms with E-state index in [1.54, 1.807) is 29.2 Å². The van der Waals surface area contributed by atoms with Crippen molar-refractivity contribution in [3.05, 3.63) is 52.7 Å². The lowest BCUT2D eigenvalue weighted by atomic mass is 10.2. The molecule has 0 aliphatic carbocycles. The number of aromatic nitrogens is 5. The van der Waals surface area contributed by atoms with Crippen molar-refractivity contribution in [2.75, 3.05) is 0 Å². The molecule has 0 saturated carbocycles. The molecule has 126 valence electrons. The fourth-order valence-electron chi connectivity index (χ4n) is 2.80. The molecular weight excluding hydrogens is 338 g/mol. The van der Waals surface area contributed by atoms with E-state index in [9.17, 15) is 9.90 Å². The van der Waals surface area contributed by atoms with Crippen LogP contribution in [0.2, 0.25) is 0 Å². The number of H-pyrrole nitrogens is 1. The average Bonchev–Trinajstić information content (AvgIpc) is 3.28. The Balaban J connectivity index is 1.88. The fourth-order valence-corrected chi connectivity index (χ4v) is 3.71. The van der Waals surface area contributed by atoms with E-state index in [1.807, 2.05) is 19.1 Å². The van der Waals surface area contributed by atoms with Crippen molar-refractivity contribution < 1.29 is 5.11 Å². The zero-order chi connectivity index (χ0) is 17.4. The van der Waals surface area contributed by atoms with Gasteiger partial charge in [-0.25, -0.2) is 4.98 Å². The van der Waals surface area contributed by atoms with Crippen molar-refractivity contribution in [1.29, 1.82) is 0 Å². The highest BCUT2D eigenvalue weighted by Crippen LogP contribution is 2.34. The predicted octanol–water partition coefficient (Wildman–Crippen LogP) is 2.42. The zero-order valence-corrected chi connectivity index (χ0v) is 14.2. The third-order valence-corrected chi connectivity index (χ3v) is 5.09. The Labute approximate surface area is 146 Å². The highest BCUT2D eigenvalue weighted by molar-refractivity contribution is 7.18. The highest BCUT2D eigenvalue weighted by atomic mass is 32.1. The molecule has 2 N–H and O–H groups in total. The molecule has 4 aromatic rings. The van der Waals surface area contributed by atoms with Gasteiger partial charge in [0.05, 0.1) is 17.2 Å². The highest BCUT2D eigenvalue weighted by Gasteiger charge is 2.17. The molecule has 0 aliphatic rings. The number of hydrogen-bond acceptors (Lipinski definition) is 6. The SMILES string of the molecule is CCn1c(=O)c(CO)cc2c(-c3cnc(-c4cccnc4)s3)[nH]nc21. The van der Waals surface area contributed by atoms with Crippen LogP contribution in [0, 0.1) is 0 Å². The number of aliphatic hydroxyl groups is 1. The van der Waals surface area contributed by atoms with Crippen LogP contribution in [-0.4, -0.2) is 29.8 Å². The minimum absolute atomic E-state index is 0.212. The molecule has 0 aliphatic heterocycles. The lowest BCUT2D eigenvalue weighted by Gasteiger charge is -2.05. The van der Waals surface area contributed by atoms with E-state index in [1.165, 1.54) is 11.3 Å². The quantitative estimate of drug-likeness (QED) is 0.587. The molecule has 0 spiro atoms. The van der Waals surface area contributed by atoms with Crippen molar-refractivity contribution in [3.8, 4) is 21.1 Å². The van der Waals surface area contributed by atoms with Crippen LogP contribution in [0.15, 0.2) is 41.6 Å². The molecule has 4 rings (SSSR count). The Bertz CT molecular complexity index is 1100. The second kappa shape index (κ2) is 6.23. The molecule has 0 bridgehead atoms. The van der Waals surface area contributed by atoms with Gasteiger partial charge in [-0.15, -0.1) is 11.3 Å². The second-order valence-corrected chi connectivity index (χ2v) is 6.52. The van der Waals surface area contributed by atoms with Gasteiger partial charge in [-0.3, -0.25) is 19.4 Å². The first-order chi connectivity index (χ1) is 12.2. The second-order valence-electron chi connectivity index (χ2n) is 5.48. The summed E-state index contributed by atoms with van der Waals surface area (Å²) < 4.78 is 1.56. The normalized spacial score (nSPS) is 11.3. The number of nitrogens with one attached hydrogen (secondary N) is 1. The van der Waals surface area contributed by atoms with Crippen LogP contribution in [-0.2, 0) is 13.2 Å². The number of rotatable bonds is 4. The largest absolute Gasteiger partial charge is 0.391 e. The monoisotopic (exact) mass is 353 g/mol. The molecule has 4 heterocycles. The predicted molar refractivity (Wildman–Crippen MR) is 96.3 cm³/mol. The topological polar surface area (TPSA) is 96.7 Å². The summed E-state index contributed by atoms with van der Waals surface area (Å²) in [5.74, 6) is 0. The van der Waals surface area contributed by atoms with Gasteiger partial charge in [-0.1, -0.05) is 0 Å². The van der Waals surface area contributed by atoms with Gasteiger partial charge in [0.1, 0.15) is 5.01 Å². The fraction of sp³-hybridized carbons (Fsp3) is 0.176. The van der Waals surface area contributed by atoms with E-state index in [-0.39, 0.29) is 12.2 Å². The number of aromatic amines is 1. The van der Waals surface area contributed by atoms with Crippen LogP contribution in [0.1, 0.15) is 12.5 Å². The molecule has 8 heteroatoms. The Morgan fingerprint density at radius 1 is 1.36 bits per heavy atom. The van der Waals surface area contributed by atoms with E-state index in [4.69, 9.17) is 0 Å². The number of aryl methyl sites for hydroxylation is 1. The van der Waals surface area contributed by atoms with Crippen LogP contribution >= 0.6 is 11.3 Å². The molecule has 0 radical (unpaired) electrons. The maximum Gasteiger partial charge on any atom is 0.257 e. The van der Waals surface area contributed by atoms with Gasteiger partial charge in [0.25, 0.3) is 5.56 Å². The summed E-state index contributed by atoms with van der Waals surface area (Å²) >= 11 is 1.52. The van der Waals surface area contributed by atoms with Crippen LogP contribution in [0.25, 0.3) is 32.2 Å². The van der Waals surface area contributed by atoms with E-state index in [0.717, 1.165) is 26.5 Å². The van der Waals surface area contributed by atoms with Crippen LogP contribution in [0.5, 0.6) is 0 Å². The first-order valence-corrected chi connectivity index (χ1v) is 8.62. The molecule has 4 aromatic heterocycles. The number of thiazole rings is 1. The maximum absolute atomic E-state index is 12.3. The summed E-state index contributed by atoms with van der Waals surface area (Å²) in [7, 11) is 0. The minimum atomic E-state index is -0.303. The minimum Gasteiger partial charge on any atom is -0.391 e.